The highest BCUT2D eigenvalue weighted by atomic mass is 15.1. The molecule has 0 aliphatic carbocycles. The summed E-state index contributed by atoms with van der Waals surface area (Å²) in [4.78, 5) is 4.85. The van der Waals surface area contributed by atoms with Gasteiger partial charge < -0.3 is 9.88 Å². The summed E-state index contributed by atoms with van der Waals surface area (Å²) in [7, 11) is 2.00. The van der Waals surface area contributed by atoms with Gasteiger partial charge in [-0.1, -0.05) is 38.7 Å². The van der Waals surface area contributed by atoms with Crippen LogP contribution in [0.25, 0.3) is 11.0 Å². The number of rotatable bonds is 9. The molecule has 0 amide bonds. The predicted octanol–water partition coefficient (Wildman–Crippen LogP) is 4.08. The van der Waals surface area contributed by atoms with Crippen LogP contribution in [0.15, 0.2) is 18.2 Å². The minimum absolute atomic E-state index is 0.984. The van der Waals surface area contributed by atoms with Gasteiger partial charge in [-0.2, -0.15) is 0 Å². The average molecular weight is 287 g/mol. The van der Waals surface area contributed by atoms with E-state index in [4.69, 9.17) is 4.98 Å². The van der Waals surface area contributed by atoms with Gasteiger partial charge in [0.05, 0.1) is 11.0 Å². The fourth-order valence-corrected chi connectivity index (χ4v) is 2.84. The molecule has 0 saturated carbocycles. The Morgan fingerprint density at radius 3 is 2.71 bits per heavy atom. The lowest BCUT2D eigenvalue weighted by atomic mass is 10.1. The molecule has 0 saturated heterocycles. The van der Waals surface area contributed by atoms with Crippen LogP contribution in [0, 0.1) is 6.92 Å². The first kappa shape index (κ1) is 16.0. The summed E-state index contributed by atoms with van der Waals surface area (Å²) in [6, 6.07) is 6.62. The van der Waals surface area contributed by atoms with Crippen molar-refractivity contribution in [3.05, 3.63) is 29.6 Å². The van der Waals surface area contributed by atoms with Crippen LogP contribution in [0.2, 0.25) is 0 Å². The van der Waals surface area contributed by atoms with Gasteiger partial charge >= 0.3 is 0 Å². The van der Waals surface area contributed by atoms with Crippen molar-refractivity contribution < 1.29 is 0 Å². The second-order valence-corrected chi connectivity index (χ2v) is 5.94. The summed E-state index contributed by atoms with van der Waals surface area (Å²) < 4.78 is 2.43. The van der Waals surface area contributed by atoms with Crippen molar-refractivity contribution in [3.63, 3.8) is 0 Å². The minimum Gasteiger partial charge on any atom is -0.328 e. The van der Waals surface area contributed by atoms with Crippen LogP contribution in [0.4, 0.5) is 0 Å². The number of hydrogen-bond acceptors (Lipinski definition) is 2. The molecule has 2 rings (SSSR count). The molecule has 0 fully saturated rings. The molecule has 116 valence electrons. The zero-order valence-corrected chi connectivity index (χ0v) is 13.8. The third kappa shape index (κ3) is 4.31. The number of likely N-dealkylation sites (N-methyl/N-ethyl adjacent to an activating group) is 1. The van der Waals surface area contributed by atoms with E-state index in [1.807, 2.05) is 7.05 Å². The van der Waals surface area contributed by atoms with Crippen LogP contribution < -0.4 is 5.32 Å². The maximum absolute atomic E-state index is 4.85. The van der Waals surface area contributed by atoms with E-state index in [2.05, 4.69) is 41.9 Å². The third-order valence-corrected chi connectivity index (χ3v) is 4.07. The zero-order valence-electron chi connectivity index (χ0n) is 13.8. The molecule has 0 aliphatic heterocycles. The van der Waals surface area contributed by atoms with Crippen LogP contribution in [0.1, 0.15) is 50.4 Å². The average Bonchev–Trinajstić information content (AvgIpc) is 2.81. The Hall–Kier alpha value is -1.35. The number of imidazole rings is 1. The van der Waals surface area contributed by atoms with Gasteiger partial charge in [0.25, 0.3) is 0 Å². The lowest BCUT2D eigenvalue weighted by Gasteiger charge is -2.09. The van der Waals surface area contributed by atoms with Gasteiger partial charge in [-0.05, 0) is 38.1 Å². The summed E-state index contributed by atoms with van der Waals surface area (Å²) in [6.07, 6.45) is 7.60. The Labute approximate surface area is 128 Å². The van der Waals surface area contributed by atoms with E-state index in [0.717, 1.165) is 25.0 Å². The largest absolute Gasteiger partial charge is 0.328 e. The second-order valence-electron chi connectivity index (χ2n) is 5.94. The van der Waals surface area contributed by atoms with E-state index in [-0.39, 0.29) is 0 Å². The number of benzene rings is 1. The quantitative estimate of drug-likeness (QED) is 0.704. The molecule has 1 aromatic heterocycles. The number of fused-ring (bicyclic) bond motifs is 1. The second kappa shape index (κ2) is 8.18. The van der Waals surface area contributed by atoms with E-state index in [9.17, 15) is 0 Å². The van der Waals surface area contributed by atoms with Gasteiger partial charge in [-0.15, -0.1) is 0 Å². The molecule has 3 heteroatoms. The summed E-state index contributed by atoms with van der Waals surface area (Å²) >= 11 is 0. The Morgan fingerprint density at radius 2 is 1.95 bits per heavy atom. The maximum atomic E-state index is 4.85. The molecule has 1 heterocycles. The standard InChI is InChI=1S/C18H29N3/c1-4-5-6-7-8-13-21-17-10-9-15(2)14-16(17)20-18(21)11-12-19-3/h9-10,14,19H,4-8,11-13H2,1-3H3. The normalized spacial score (nSPS) is 11.4. The Morgan fingerprint density at radius 1 is 1.14 bits per heavy atom. The van der Waals surface area contributed by atoms with Crippen LogP contribution in [0.3, 0.4) is 0 Å². The van der Waals surface area contributed by atoms with Gasteiger partial charge in [0.15, 0.2) is 0 Å². The third-order valence-electron chi connectivity index (χ3n) is 4.07. The SMILES string of the molecule is CCCCCCCn1c(CCNC)nc2cc(C)ccc21. The lowest BCUT2D eigenvalue weighted by Crippen LogP contribution is -2.14. The van der Waals surface area contributed by atoms with Crippen LogP contribution in [-0.2, 0) is 13.0 Å². The van der Waals surface area contributed by atoms with E-state index < -0.39 is 0 Å². The molecule has 0 unspecified atom stereocenters. The summed E-state index contributed by atoms with van der Waals surface area (Å²) in [5.41, 5.74) is 3.73. The first-order valence-electron chi connectivity index (χ1n) is 8.36. The molecule has 1 N–H and O–H groups in total. The van der Waals surface area contributed by atoms with Crippen molar-refractivity contribution >= 4 is 11.0 Å². The monoisotopic (exact) mass is 287 g/mol. The molecular weight excluding hydrogens is 258 g/mol. The van der Waals surface area contributed by atoms with E-state index in [0.29, 0.717) is 0 Å². The molecular formula is C18H29N3. The Balaban J connectivity index is 2.13. The predicted molar refractivity (Wildman–Crippen MR) is 90.9 cm³/mol. The molecule has 1 aromatic carbocycles. The van der Waals surface area contributed by atoms with Crippen molar-refractivity contribution in [2.45, 2.75) is 58.9 Å². The Kier molecular flexibility index (Phi) is 6.24. The summed E-state index contributed by atoms with van der Waals surface area (Å²) in [6.45, 7) is 6.48. The number of nitrogens with one attached hydrogen (secondary N) is 1. The van der Waals surface area contributed by atoms with Crippen molar-refractivity contribution in [1.82, 2.24) is 14.9 Å². The van der Waals surface area contributed by atoms with E-state index in [1.54, 1.807) is 0 Å². The van der Waals surface area contributed by atoms with Crippen molar-refractivity contribution in [2.24, 2.45) is 0 Å². The van der Waals surface area contributed by atoms with Crippen LogP contribution >= 0.6 is 0 Å². The smallest absolute Gasteiger partial charge is 0.111 e. The van der Waals surface area contributed by atoms with Crippen molar-refractivity contribution in [3.8, 4) is 0 Å². The molecule has 0 radical (unpaired) electrons. The van der Waals surface area contributed by atoms with Gasteiger partial charge in [-0.3, -0.25) is 0 Å². The highest BCUT2D eigenvalue weighted by molar-refractivity contribution is 5.76. The number of hydrogen-bond donors (Lipinski definition) is 1. The van der Waals surface area contributed by atoms with Gasteiger partial charge in [0.2, 0.25) is 0 Å². The van der Waals surface area contributed by atoms with Gasteiger partial charge in [-0.25, -0.2) is 4.98 Å². The van der Waals surface area contributed by atoms with Gasteiger partial charge in [0, 0.05) is 19.5 Å². The molecule has 0 atom stereocenters. The molecule has 3 nitrogen and oxygen atoms in total. The molecule has 0 bridgehead atoms. The summed E-state index contributed by atoms with van der Waals surface area (Å²) in [5.74, 6) is 1.22. The van der Waals surface area contributed by atoms with E-state index in [1.165, 1.54) is 49.0 Å². The summed E-state index contributed by atoms with van der Waals surface area (Å²) in [5, 5.41) is 3.23. The topological polar surface area (TPSA) is 29.9 Å². The van der Waals surface area contributed by atoms with Crippen molar-refractivity contribution in [2.75, 3.05) is 13.6 Å². The minimum atomic E-state index is 0.984. The molecule has 21 heavy (non-hydrogen) atoms. The highest BCUT2D eigenvalue weighted by Gasteiger charge is 2.10. The number of aryl methyl sites for hydroxylation is 2. The fourth-order valence-electron chi connectivity index (χ4n) is 2.84. The number of unbranched alkanes of at least 4 members (excludes halogenated alkanes) is 4. The lowest BCUT2D eigenvalue weighted by molar-refractivity contribution is 0.559. The first-order valence-corrected chi connectivity index (χ1v) is 8.36. The maximum Gasteiger partial charge on any atom is 0.111 e. The molecule has 0 aliphatic rings. The molecule has 2 aromatic rings. The Bertz CT molecular complexity index is 557. The zero-order chi connectivity index (χ0) is 15.1. The highest BCUT2D eigenvalue weighted by Crippen LogP contribution is 2.19. The van der Waals surface area contributed by atoms with Crippen LogP contribution in [0.5, 0.6) is 0 Å². The number of aromatic nitrogens is 2. The van der Waals surface area contributed by atoms with E-state index >= 15 is 0 Å². The van der Waals surface area contributed by atoms with Gasteiger partial charge in [0.1, 0.15) is 5.82 Å². The van der Waals surface area contributed by atoms with Crippen molar-refractivity contribution in [1.29, 1.82) is 0 Å². The first-order chi connectivity index (χ1) is 10.3. The van der Waals surface area contributed by atoms with Crippen LogP contribution in [-0.4, -0.2) is 23.1 Å². The number of nitrogens with zero attached hydrogens (tertiary/aromatic N) is 2. The molecule has 0 spiro atoms. The fraction of sp³-hybridized carbons (Fsp3) is 0.611.